The van der Waals surface area contributed by atoms with E-state index in [4.69, 9.17) is 9.47 Å². The molecular formula is C19H20N2O4. The van der Waals surface area contributed by atoms with Crippen molar-refractivity contribution in [1.82, 2.24) is 4.90 Å². The molecule has 3 rings (SSSR count). The van der Waals surface area contributed by atoms with Crippen LogP contribution in [0, 0.1) is 0 Å². The first-order valence-electron chi connectivity index (χ1n) is 8.11. The summed E-state index contributed by atoms with van der Waals surface area (Å²) >= 11 is 0. The van der Waals surface area contributed by atoms with E-state index < -0.39 is 0 Å². The Morgan fingerprint density at radius 3 is 2.48 bits per heavy atom. The second-order valence-corrected chi connectivity index (χ2v) is 5.77. The number of hydrogen-bond donors (Lipinski definition) is 1. The molecule has 1 aliphatic heterocycles. The van der Waals surface area contributed by atoms with E-state index in [1.54, 1.807) is 18.2 Å². The Hall–Kier alpha value is -3.02. The summed E-state index contributed by atoms with van der Waals surface area (Å²) in [6.45, 7) is 2.84. The summed E-state index contributed by atoms with van der Waals surface area (Å²) in [5.74, 6) is 0.861. The van der Waals surface area contributed by atoms with Gasteiger partial charge in [-0.3, -0.25) is 9.59 Å². The second kappa shape index (κ2) is 7.70. The van der Waals surface area contributed by atoms with Crippen molar-refractivity contribution in [3.05, 3.63) is 54.1 Å². The number of amides is 2. The quantitative estimate of drug-likeness (QED) is 0.908. The second-order valence-electron chi connectivity index (χ2n) is 5.77. The number of carbonyl (C=O) groups is 2. The molecule has 0 bridgehead atoms. The van der Waals surface area contributed by atoms with Crippen LogP contribution in [0.15, 0.2) is 48.5 Å². The van der Waals surface area contributed by atoms with E-state index in [1.807, 2.05) is 30.3 Å². The molecule has 2 aromatic carbocycles. The first-order valence-corrected chi connectivity index (χ1v) is 8.11. The normalized spacial score (nSPS) is 12.4. The zero-order chi connectivity index (χ0) is 17.6. The highest BCUT2D eigenvalue weighted by atomic mass is 16.6. The van der Waals surface area contributed by atoms with E-state index in [2.05, 4.69) is 5.32 Å². The van der Waals surface area contributed by atoms with Crippen molar-refractivity contribution in [2.24, 2.45) is 0 Å². The number of rotatable bonds is 5. The van der Waals surface area contributed by atoms with E-state index in [1.165, 1.54) is 11.8 Å². The van der Waals surface area contributed by atoms with Crippen molar-refractivity contribution in [3.63, 3.8) is 0 Å². The van der Waals surface area contributed by atoms with Crippen LogP contribution in [0.5, 0.6) is 11.5 Å². The zero-order valence-corrected chi connectivity index (χ0v) is 14.0. The first-order chi connectivity index (χ1) is 12.1. The monoisotopic (exact) mass is 340 g/mol. The molecular weight excluding hydrogens is 320 g/mol. The van der Waals surface area contributed by atoms with Crippen LogP contribution in [0.2, 0.25) is 0 Å². The van der Waals surface area contributed by atoms with Crippen LogP contribution in [-0.4, -0.2) is 36.5 Å². The fraction of sp³-hybridized carbons (Fsp3) is 0.263. The molecule has 0 atom stereocenters. The number of anilines is 1. The number of ether oxygens (including phenoxy) is 2. The van der Waals surface area contributed by atoms with Gasteiger partial charge in [0.2, 0.25) is 11.8 Å². The van der Waals surface area contributed by atoms with Crippen molar-refractivity contribution in [3.8, 4) is 11.5 Å². The van der Waals surface area contributed by atoms with Crippen LogP contribution >= 0.6 is 0 Å². The first kappa shape index (κ1) is 16.8. The number of carbonyl (C=O) groups excluding carboxylic acids is 2. The molecule has 0 saturated heterocycles. The van der Waals surface area contributed by atoms with Crippen molar-refractivity contribution in [2.45, 2.75) is 13.5 Å². The lowest BCUT2D eigenvalue weighted by molar-refractivity contribution is -0.133. The Balaban J connectivity index is 1.62. The minimum absolute atomic E-state index is 0.0152. The molecule has 0 aromatic heterocycles. The Morgan fingerprint density at radius 2 is 1.76 bits per heavy atom. The number of fused-ring (bicyclic) bond motifs is 1. The highest BCUT2D eigenvalue weighted by Crippen LogP contribution is 2.32. The van der Waals surface area contributed by atoms with Gasteiger partial charge in [0.25, 0.3) is 0 Å². The molecule has 0 spiro atoms. The molecule has 6 heteroatoms. The predicted octanol–water partition coefficient (Wildman–Crippen LogP) is 2.45. The van der Waals surface area contributed by atoms with E-state index in [0.29, 0.717) is 36.9 Å². The average Bonchev–Trinajstić information content (AvgIpc) is 2.62. The SMILES string of the molecule is CC(=O)N(CC(=O)Nc1ccc2c(c1)OCCO2)Cc1ccccc1. The molecule has 130 valence electrons. The Morgan fingerprint density at radius 1 is 1.04 bits per heavy atom. The topological polar surface area (TPSA) is 67.9 Å². The summed E-state index contributed by atoms with van der Waals surface area (Å²) < 4.78 is 11.0. The van der Waals surface area contributed by atoms with Gasteiger partial charge in [0.15, 0.2) is 11.5 Å². The molecule has 0 radical (unpaired) electrons. The number of nitrogens with zero attached hydrogens (tertiary/aromatic N) is 1. The lowest BCUT2D eigenvalue weighted by Gasteiger charge is -2.21. The minimum atomic E-state index is -0.261. The largest absolute Gasteiger partial charge is 0.486 e. The van der Waals surface area contributed by atoms with Crippen LogP contribution in [0.4, 0.5) is 5.69 Å². The van der Waals surface area contributed by atoms with Crippen molar-refractivity contribution >= 4 is 17.5 Å². The van der Waals surface area contributed by atoms with Crippen LogP contribution in [0.3, 0.4) is 0 Å². The molecule has 2 amide bonds. The number of benzene rings is 2. The standard InChI is InChI=1S/C19H20N2O4/c1-14(22)21(12-15-5-3-2-4-6-15)13-19(23)20-16-7-8-17-18(11-16)25-10-9-24-17/h2-8,11H,9-10,12-13H2,1H3,(H,20,23). The van der Waals surface area contributed by atoms with E-state index >= 15 is 0 Å². The van der Waals surface area contributed by atoms with Crippen LogP contribution in [0.1, 0.15) is 12.5 Å². The van der Waals surface area contributed by atoms with Crippen LogP contribution in [0.25, 0.3) is 0 Å². The van der Waals surface area contributed by atoms with Gasteiger partial charge in [-0.1, -0.05) is 30.3 Å². The zero-order valence-electron chi connectivity index (χ0n) is 14.0. The van der Waals surface area contributed by atoms with E-state index in [0.717, 1.165) is 5.56 Å². The van der Waals surface area contributed by atoms with Crippen molar-refractivity contribution in [2.75, 3.05) is 25.1 Å². The molecule has 0 fully saturated rings. The summed E-state index contributed by atoms with van der Waals surface area (Å²) in [5.41, 5.74) is 1.59. The lowest BCUT2D eigenvalue weighted by Crippen LogP contribution is -2.36. The molecule has 0 unspecified atom stereocenters. The summed E-state index contributed by atoms with van der Waals surface area (Å²) in [6, 6.07) is 14.8. The van der Waals surface area contributed by atoms with Gasteiger partial charge in [-0.05, 0) is 17.7 Å². The summed E-state index contributed by atoms with van der Waals surface area (Å²) in [6.07, 6.45) is 0. The van der Waals surface area contributed by atoms with E-state index in [9.17, 15) is 9.59 Å². The Kier molecular flexibility index (Phi) is 5.18. The molecule has 0 saturated carbocycles. The van der Waals surface area contributed by atoms with Crippen molar-refractivity contribution < 1.29 is 19.1 Å². The summed E-state index contributed by atoms with van der Waals surface area (Å²) in [4.78, 5) is 25.6. The van der Waals surface area contributed by atoms with Gasteiger partial charge >= 0.3 is 0 Å². The van der Waals surface area contributed by atoms with Gasteiger partial charge in [-0.25, -0.2) is 0 Å². The Labute approximate surface area is 146 Å². The molecule has 2 aromatic rings. The highest BCUT2D eigenvalue weighted by molar-refractivity contribution is 5.94. The molecule has 6 nitrogen and oxygen atoms in total. The lowest BCUT2D eigenvalue weighted by atomic mass is 10.2. The Bertz CT molecular complexity index is 761. The van der Waals surface area contributed by atoms with Gasteiger partial charge in [-0.2, -0.15) is 0 Å². The fourth-order valence-electron chi connectivity index (χ4n) is 2.58. The maximum absolute atomic E-state index is 12.3. The molecule has 0 aliphatic carbocycles. The third-order valence-corrected chi connectivity index (χ3v) is 3.82. The summed E-state index contributed by atoms with van der Waals surface area (Å²) in [5, 5.41) is 2.79. The van der Waals surface area contributed by atoms with Gasteiger partial charge in [0, 0.05) is 25.2 Å². The van der Waals surface area contributed by atoms with Gasteiger partial charge in [-0.15, -0.1) is 0 Å². The maximum Gasteiger partial charge on any atom is 0.244 e. The molecule has 25 heavy (non-hydrogen) atoms. The fourth-order valence-corrected chi connectivity index (χ4v) is 2.58. The summed E-state index contributed by atoms with van der Waals surface area (Å²) in [7, 11) is 0. The van der Waals surface area contributed by atoms with Crippen LogP contribution < -0.4 is 14.8 Å². The van der Waals surface area contributed by atoms with Crippen LogP contribution in [-0.2, 0) is 16.1 Å². The van der Waals surface area contributed by atoms with Gasteiger partial charge in [0.05, 0.1) is 0 Å². The van der Waals surface area contributed by atoms with E-state index in [-0.39, 0.29) is 18.4 Å². The third-order valence-electron chi connectivity index (χ3n) is 3.82. The third kappa shape index (κ3) is 4.50. The smallest absolute Gasteiger partial charge is 0.244 e. The predicted molar refractivity (Wildman–Crippen MR) is 93.6 cm³/mol. The molecule has 1 aliphatic rings. The van der Waals surface area contributed by atoms with Gasteiger partial charge in [0.1, 0.15) is 19.8 Å². The molecule has 1 heterocycles. The average molecular weight is 340 g/mol. The molecule has 1 N–H and O–H groups in total. The number of hydrogen-bond acceptors (Lipinski definition) is 4. The maximum atomic E-state index is 12.3. The van der Waals surface area contributed by atoms with Crippen molar-refractivity contribution in [1.29, 1.82) is 0 Å². The highest BCUT2D eigenvalue weighted by Gasteiger charge is 2.16. The minimum Gasteiger partial charge on any atom is -0.486 e. The number of nitrogens with one attached hydrogen (secondary N) is 1. The van der Waals surface area contributed by atoms with Gasteiger partial charge < -0.3 is 19.7 Å².